The molecule has 1 aromatic carbocycles. The molecule has 0 amide bonds. The third-order valence-electron chi connectivity index (χ3n) is 1.36. The minimum atomic E-state index is -1.11. The van der Waals surface area contributed by atoms with E-state index in [-0.39, 0.29) is 32.9 Å². The Balaban J connectivity index is 0.000001000. The summed E-state index contributed by atoms with van der Waals surface area (Å²) in [6.45, 7) is 1.74. The molecule has 0 aromatic heterocycles. The minimum absolute atomic E-state index is 0. The summed E-state index contributed by atoms with van der Waals surface area (Å²) in [4.78, 5) is 10.3. The van der Waals surface area contributed by atoms with Gasteiger partial charge in [-0.05, 0) is 12.5 Å². The van der Waals surface area contributed by atoms with Gasteiger partial charge in [0.1, 0.15) is 0 Å². The first kappa shape index (κ1) is 10.6. The van der Waals surface area contributed by atoms with Crippen molar-refractivity contribution in [2.24, 2.45) is 0 Å². The molecule has 0 spiro atoms. The summed E-state index contributed by atoms with van der Waals surface area (Å²) in [7, 11) is 0. The summed E-state index contributed by atoms with van der Waals surface area (Å²) in [5, 5.41) is 10.3. The topological polar surface area (TPSA) is 40.1 Å². The van der Waals surface area contributed by atoms with Gasteiger partial charge in [0, 0.05) is 5.56 Å². The molecule has 0 saturated heterocycles. The molecule has 0 heterocycles. The number of aryl methyl sites for hydroxylation is 1. The Morgan fingerprint density at radius 3 is 2.27 bits per heavy atom. The predicted molar refractivity (Wildman–Crippen MR) is 41.3 cm³/mol. The number of carboxylic acids is 1. The monoisotopic (exact) mass is 340 g/mol. The van der Waals surface area contributed by atoms with Crippen LogP contribution in [0.1, 0.15) is 15.9 Å². The average molecular weight is 340 g/mol. The van der Waals surface area contributed by atoms with E-state index in [0.29, 0.717) is 0 Å². The first-order valence-corrected chi connectivity index (χ1v) is 2.99. The van der Waals surface area contributed by atoms with Crippen LogP contribution in [0.4, 0.5) is 0 Å². The van der Waals surface area contributed by atoms with Gasteiger partial charge >= 0.3 is 27.3 Å². The molecule has 3 heteroatoms. The van der Waals surface area contributed by atoms with Crippen molar-refractivity contribution in [1.29, 1.82) is 0 Å². The smallest absolute Gasteiger partial charge is 0.545 e. The van der Waals surface area contributed by atoms with E-state index in [9.17, 15) is 9.90 Å². The largest absolute Gasteiger partial charge is 1.00 e. The number of aromatic carboxylic acids is 1. The van der Waals surface area contributed by atoms with Gasteiger partial charge in [0.15, 0.2) is 0 Å². The van der Waals surface area contributed by atoms with Crippen LogP contribution in [0.3, 0.4) is 0 Å². The third-order valence-corrected chi connectivity index (χ3v) is 1.36. The molecule has 0 aliphatic heterocycles. The van der Waals surface area contributed by atoms with Crippen molar-refractivity contribution in [2.45, 2.75) is 6.92 Å². The number of rotatable bonds is 1. The van der Waals surface area contributed by atoms with Gasteiger partial charge in [-0.2, -0.15) is 0 Å². The van der Waals surface area contributed by atoms with E-state index >= 15 is 0 Å². The number of carbonyl (C=O) groups excluding carboxylic acids is 1. The number of carbonyl (C=O) groups is 1. The van der Waals surface area contributed by atoms with E-state index in [2.05, 4.69) is 0 Å². The standard InChI is InChI=1S/C8H8O2.Tl/c1-6-4-2-3-5-7(6)8(9)10;/h2-5H,1H3,(H,9,10);/q;+1/p-1. The zero-order chi connectivity index (χ0) is 7.56. The molecule has 2 nitrogen and oxygen atoms in total. The van der Waals surface area contributed by atoms with Crippen LogP contribution in [0.5, 0.6) is 0 Å². The van der Waals surface area contributed by atoms with Crippen LogP contribution in [-0.4, -0.2) is 33.3 Å². The first-order valence-electron chi connectivity index (χ1n) is 2.99. The number of hydrogen-bond acceptors (Lipinski definition) is 2. The fourth-order valence-electron chi connectivity index (χ4n) is 0.802. The predicted octanol–water partition coefficient (Wildman–Crippen LogP) is -0.0223. The zero-order valence-corrected chi connectivity index (χ0v) is 10.7. The molecule has 54 valence electrons. The van der Waals surface area contributed by atoms with Crippen LogP contribution in [-0.2, 0) is 0 Å². The molecule has 0 radical (unpaired) electrons. The second kappa shape index (κ2) is 4.48. The Bertz CT molecular complexity index is 258. The zero-order valence-electron chi connectivity index (χ0n) is 6.20. The van der Waals surface area contributed by atoms with E-state index in [1.807, 2.05) is 0 Å². The Hall–Kier alpha value is -0.388. The molecule has 0 bridgehead atoms. The Kier molecular flexibility index (Phi) is 4.32. The van der Waals surface area contributed by atoms with Gasteiger partial charge in [0.05, 0.1) is 5.97 Å². The van der Waals surface area contributed by atoms with E-state index in [0.717, 1.165) is 5.56 Å². The number of hydrogen-bond donors (Lipinski definition) is 0. The molecule has 0 unspecified atom stereocenters. The maximum absolute atomic E-state index is 10.3. The van der Waals surface area contributed by atoms with Gasteiger partial charge in [-0.15, -0.1) is 0 Å². The first-order chi connectivity index (χ1) is 4.72. The number of benzene rings is 1. The van der Waals surface area contributed by atoms with Crippen LogP contribution in [0, 0.1) is 6.92 Å². The van der Waals surface area contributed by atoms with E-state index < -0.39 is 5.97 Å². The molecular weight excluding hydrogens is 332 g/mol. The minimum Gasteiger partial charge on any atom is -0.545 e. The van der Waals surface area contributed by atoms with Crippen LogP contribution in [0.15, 0.2) is 24.3 Å². The molecule has 0 N–H and O–H groups in total. The van der Waals surface area contributed by atoms with Crippen molar-refractivity contribution >= 4 is 33.3 Å². The van der Waals surface area contributed by atoms with Crippen molar-refractivity contribution in [3.05, 3.63) is 35.4 Å². The third kappa shape index (κ3) is 2.61. The van der Waals surface area contributed by atoms with Gasteiger partial charge in [-0.1, -0.05) is 24.3 Å². The molecule has 1 rings (SSSR count). The maximum atomic E-state index is 10.3. The van der Waals surface area contributed by atoms with Gasteiger partial charge in [0.25, 0.3) is 0 Å². The number of carboxylic acid groups (broad SMARTS) is 1. The van der Waals surface area contributed by atoms with Gasteiger partial charge in [0.2, 0.25) is 0 Å². The molecule has 0 aliphatic rings. The summed E-state index contributed by atoms with van der Waals surface area (Å²) in [5.74, 6) is -1.11. The summed E-state index contributed by atoms with van der Waals surface area (Å²) < 4.78 is 0. The Morgan fingerprint density at radius 1 is 1.36 bits per heavy atom. The van der Waals surface area contributed by atoms with Gasteiger partial charge in [-0.25, -0.2) is 0 Å². The molecule has 0 saturated carbocycles. The molecule has 0 fully saturated rings. The van der Waals surface area contributed by atoms with Gasteiger partial charge < -0.3 is 9.90 Å². The second-order valence-corrected chi connectivity index (χ2v) is 2.10. The van der Waals surface area contributed by atoms with E-state index in [4.69, 9.17) is 0 Å². The Morgan fingerprint density at radius 2 is 1.91 bits per heavy atom. The quantitative estimate of drug-likeness (QED) is 0.675. The van der Waals surface area contributed by atoms with Crippen LogP contribution >= 0.6 is 0 Å². The SMILES string of the molecule is Cc1ccccc1C(=O)[O-].[Tl+]. The molecule has 1 aromatic rings. The molecule has 11 heavy (non-hydrogen) atoms. The fraction of sp³-hybridized carbons (Fsp3) is 0.125. The molecule has 0 atom stereocenters. The van der Waals surface area contributed by atoms with Crippen molar-refractivity contribution in [1.82, 2.24) is 0 Å². The summed E-state index contributed by atoms with van der Waals surface area (Å²) in [6, 6.07) is 6.75. The van der Waals surface area contributed by atoms with Crippen molar-refractivity contribution < 1.29 is 9.90 Å². The maximum Gasteiger partial charge on any atom is 1.00 e. The van der Waals surface area contributed by atoms with Crippen LogP contribution < -0.4 is 5.11 Å². The van der Waals surface area contributed by atoms with Crippen LogP contribution in [0.25, 0.3) is 0 Å². The summed E-state index contributed by atoms with van der Waals surface area (Å²) >= 11 is 0. The van der Waals surface area contributed by atoms with E-state index in [1.54, 1.807) is 25.1 Å². The second-order valence-electron chi connectivity index (χ2n) is 2.10. The normalized spacial score (nSPS) is 8.45. The molecular formula is C8H7O2Tl. The Labute approximate surface area is 85.4 Å². The summed E-state index contributed by atoms with van der Waals surface area (Å²) in [6.07, 6.45) is 0. The molecule has 0 aliphatic carbocycles. The fourth-order valence-corrected chi connectivity index (χ4v) is 0.802. The van der Waals surface area contributed by atoms with Gasteiger partial charge in [-0.3, -0.25) is 0 Å². The van der Waals surface area contributed by atoms with Crippen molar-refractivity contribution in [2.75, 3.05) is 0 Å². The van der Waals surface area contributed by atoms with Crippen LogP contribution in [0.2, 0.25) is 0 Å². The van der Waals surface area contributed by atoms with Crippen molar-refractivity contribution in [3.8, 4) is 0 Å². The van der Waals surface area contributed by atoms with Crippen molar-refractivity contribution in [3.63, 3.8) is 0 Å². The summed E-state index contributed by atoms with van der Waals surface area (Å²) in [5.41, 5.74) is 1.00. The van der Waals surface area contributed by atoms with E-state index in [1.165, 1.54) is 6.07 Å². The average Bonchev–Trinajstić information content (AvgIpc) is 1.88.